The molecule has 0 spiro atoms. The molecule has 2 saturated heterocycles. The number of thiol groups is 1. The number of carbonyl (C=O) groups is 2. The molecule has 10 heteroatoms. The van der Waals surface area contributed by atoms with E-state index in [9.17, 15) is 13.8 Å². The minimum atomic E-state index is -2.38. The normalized spacial score (nSPS) is 17.3. The number of benzene rings is 2. The minimum absolute atomic E-state index is 0.120. The number of rotatable bonds is 5. The van der Waals surface area contributed by atoms with Gasteiger partial charge in [0, 0.05) is 64.0 Å². The van der Waals surface area contributed by atoms with Gasteiger partial charge in [0.2, 0.25) is 17.0 Å². The van der Waals surface area contributed by atoms with Crippen molar-refractivity contribution in [1.29, 1.82) is 0 Å². The molecule has 2 aliphatic heterocycles. The number of piperazine rings is 1. The molecule has 2 fully saturated rings. The molecule has 0 radical (unpaired) electrons. The van der Waals surface area contributed by atoms with Crippen LogP contribution in [0.4, 0.5) is 5.69 Å². The van der Waals surface area contributed by atoms with Gasteiger partial charge in [-0.25, -0.2) is 0 Å². The van der Waals surface area contributed by atoms with Crippen molar-refractivity contribution in [2.45, 2.75) is 18.4 Å². The smallest absolute Gasteiger partial charge is 0.255 e. The molecule has 3 N–H and O–H groups in total. The Balaban J connectivity index is 0.000000469. The van der Waals surface area contributed by atoms with Crippen molar-refractivity contribution in [3.63, 3.8) is 0 Å². The highest BCUT2D eigenvalue weighted by Gasteiger charge is 2.18. The van der Waals surface area contributed by atoms with Crippen LogP contribution < -0.4 is 10.6 Å². The second-order valence-corrected chi connectivity index (χ2v) is 9.18. The van der Waals surface area contributed by atoms with Crippen molar-refractivity contribution in [2.24, 2.45) is 0 Å². The van der Waals surface area contributed by atoms with Crippen molar-refractivity contribution in [1.82, 2.24) is 15.1 Å². The molecule has 2 heterocycles. The van der Waals surface area contributed by atoms with Gasteiger partial charge in [-0.1, -0.05) is 16.3 Å². The van der Waals surface area contributed by atoms with Crippen LogP contribution in [0.3, 0.4) is 0 Å². The summed E-state index contributed by atoms with van der Waals surface area (Å²) in [5.74, 6) is -0.113. The molecule has 2 aromatic carbocycles. The highest BCUT2D eigenvalue weighted by Crippen LogP contribution is 2.15. The SMILES string of the molecule is C1COCCN1.CC(=O)N1CCN(Cc2ccc(C(=O)Nc3ccc([SH+](=O)O)cc3)cc2)CC1. The molecular formula is C24H33N4O5S+. The van der Waals surface area contributed by atoms with Crippen LogP contribution in [0.2, 0.25) is 0 Å². The van der Waals surface area contributed by atoms with Crippen molar-refractivity contribution in [2.75, 3.05) is 57.8 Å². The molecule has 34 heavy (non-hydrogen) atoms. The summed E-state index contributed by atoms with van der Waals surface area (Å²) < 4.78 is 25.1. The van der Waals surface area contributed by atoms with Crippen LogP contribution in [-0.2, 0) is 31.4 Å². The first kappa shape index (κ1) is 26.0. The lowest BCUT2D eigenvalue weighted by atomic mass is 10.1. The number of morpholine rings is 1. The van der Waals surface area contributed by atoms with Gasteiger partial charge < -0.3 is 20.3 Å². The Morgan fingerprint density at radius 3 is 2.09 bits per heavy atom. The zero-order chi connectivity index (χ0) is 24.3. The van der Waals surface area contributed by atoms with Crippen molar-refractivity contribution in [3.05, 3.63) is 59.7 Å². The second-order valence-electron chi connectivity index (χ2n) is 8.12. The molecule has 0 bridgehead atoms. The van der Waals surface area contributed by atoms with Gasteiger partial charge in [0.1, 0.15) is 0 Å². The number of nitrogens with one attached hydrogen (secondary N) is 2. The predicted octanol–water partition coefficient (Wildman–Crippen LogP) is 1.74. The largest absolute Gasteiger partial charge is 0.379 e. The Bertz CT molecular complexity index is 945. The van der Waals surface area contributed by atoms with E-state index in [0.717, 1.165) is 64.6 Å². The van der Waals surface area contributed by atoms with Gasteiger partial charge in [0.05, 0.1) is 13.2 Å². The van der Waals surface area contributed by atoms with Gasteiger partial charge >= 0.3 is 0 Å². The summed E-state index contributed by atoms with van der Waals surface area (Å²) in [4.78, 5) is 28.2. The average molecular weight is 490 g/mol. The molecule has 1 unspecified atom stereocenters. The highest BCUT2D eigenvalue weighted by molar-refractivity contribution is 7.79. The lowest BCUT2D eigenvalue weighted by Gasteiger charge is -2.34. The molecule has 4 rings (SSSR count). The van der Waals surface area contributed by atoms with Crippen LogP contribution >= 0.6 is 0 Å². The number of hydrogen-bond acceptors (Lipinski definition) is 6. The maximum absolute atomic E-state index is 12.4. The molecule has 2 amide bonds. The monoisotopic (exact) mass is 489 g/mol. The van der Waals surface area contributed by atoms with Gasteiger partial charge in [-0.3, -0.25) is 14.5 Å². The van der Waals surface area contributed by atoms with Crippen LogP contribution in [0.5, 0.6) is 0 Å². The Hall–Kier alpha value is -2.63. The van der Waals surface area contributed by atoms with Gasteiger partial charge in [-0.05, 0) is 42.0 Å². The van der Waals surface area contributed by atoms with Crippen LogP contribution in [0.15, 0.2) is 53.4 Å². The fourth-order valence-electron chi connectivity index (χ4n) is 3.63. The zero-order valence-electron chi connectivity index (χ0n) is 19.4. The molecule has 9 nitrogen and oxygen atoms in total. The quantitative estimate of drug-likeness (QED) is 0.433. The number of carbonyl (C=O) groups excluding carboxylic acids is 2. The Morgan fingerprint density at radius 1 is 1.00 bits per heavy atom. The first-order chi connectivity index (χ1) is 16.4. The van der Waals surface area contributed by atoms with E-state index < -0.39 is 11.1 Å². The number of hydrogen-bond donors (Lipinski definition) is 3. The number of anilines is 1. The van der Waals surface area contributed by atoms with Crippen LogP contribution in [-0.4, -0.2) is 78.6 Å². The summed E-state index contributed by atoms with van der Waals surface area (Å²) in [6.07, 6.45) is 0. The maximum atomic E-state index is 12.4. The van der Waals surface area contributed by atoms with E-state index in [-0.39, 0.29) is 11.8 Å². The zero-order valence-corrected chi connectivity index (χ0v) is 20.3. The maximum Gasteiger partial charge on any atom is 0.255 e. The number of amides is 2. The number of ether oxygens (including phenoxy) is 1. The summed E-state index contributed by atoms with van der Waals surface area (Å²) in [7, 11) is 0. The van der Waals surface area contributed by atoms with E-state index in [4.69, 9.17) is 9.29 Å². The first-order valence-corrected chi connectivity index (χ1v) is 12.6. The van der Waals surface area contributed by atoms with Gasteiger partial charge in [-0.2, -0.15) is 4.55 Å². The summed E-state index contributed by atoms with van der Waals surface area (Å²) in [5, 5.41) is 5.94. The van der Waals surface area contributed by atoms with Crippen molar-refractivity contribution < 1.29 is 23.1 Å². The fourth-order valence-corrected chi connectivity index (χ4v) is 4.04. The average Bonchev–Trinajstić information content (AvgIpc) is 2.86. The molecule has 0 aromatic heterocycles. The van der Waals surface area contributed by atoms with Crippen molar-refractivity contribution >= 4 is 28.6 Å². The van der Waals surface area contributed by atoms with Crippen LogP contribution in [0.25, 0.3) is 0 Å². The number of nitrogens with zero attached hydrogens (tertiary/aromatic N) is 2. The summed E-state index contributed by atoms with van der Waals surface area (Å²) >= 11 is -2.38. The van der Waals surface area contributed by atoms with Crippen molar-refractivity contribution in [3.8, 4) is 0 Å². The second kappa shape index (κ2) is 13.3. The fraction of sp³-hybridized carbons (Fsp3) is 0.417. The topological polar surface area (TPSA) is 111 Å². The predicted molar refractivity (Wildman–Crippen MR) is 132 cm³/mol. The van der Waals surface area contributed by atoms with E-state index in [1.807, 2.05) is 17.0 Å². The lowest BCUT2D eigenvalue weighted by Crippen LogP contribution is -2.47. The van der Waals surface area contributed by atoms with Crippen LogP contribution in [0, 0.1) is 0 Å². The molecule has 1 atom stereocenters. The van der Waals surface area contributed by atoms with E-state index in [0.29, 0.717) is 16.1 Å². The summed E-state index contributed by atoms with van der Waals surface area (Å²) in [6, 6.07) is 13.7. The Kier molecular flexibility index (Phi) is 10.2. The van der Waals surface area contributed by atoms with E-state index in [1.54, 1.807) is 31.2 Å². The van der Waals surface area contributed by atoms with E-state index in [2.05, 4.69) is 15.5 Å². The first-order valence-electron chi connectivity index (χ1n) is 11.3. The van der Waals surface area contributed by atoms with Gasteiger partial charge in [-0.15, -0.1) is 0 Å². The third-order valence-electron chi connectivity index (χ3n) is 5.63. The summed E-state index contributed by atoms with van der Waals surface area (Å²) in [5.41, 5.74) is 2.23. The molecule has 2 aliphatic rings. The van der Waals surface area contributed by atoms with Gasteiger partial charge in [0.15, 0.2) is 4.90 Å². The standard InChI is InChI=1S/C20H23N3O4S.C4H9NO/c1-15(24)23-12-10-22(11-13-23)14-16-2-4-17(5-3-16)20(25)21-18-6-8-19(9-7-18)28(26)27;1-3-6-4-2-5-1/h2-9H,10-14H2,1H3,(H,21,25)(H,26,27);5H,1-4H2/p+1. The highest BCUT2D eigenvalue weighted by atomic mass is 32.2. The third kappa shape index (κ3) is 8.30. The van der Waals surface area contributed by atoms with E-state index >= 15 is 0 Å². The summed E-state index contributed by atoms with van der Waals surface area (Å²) in [6.45, 7) is 9.41. The molecule has 2 aromatic rings. The molecular weight excluding hydrogens is 456 g/mol. The molecule has 0 saturated carbocycles. The van der Waals surface area contributed by atoms with Gasteiger partial charge in [0.25, 0.3) is 5.91 Å². The lowest BCUT2D eigenvalue weighted by molar-refractivity contribution is -0.130. The van der Waals surface area contributed by atoms with E-state index in [1.165, 1.54) is 12.1 Å². The Morgan fingerprint density at radius 2 is 1.62 bits per heavy atom. The minimum Gasteiger partial charge on any atom is -0.379 e. The molecule has 0 aliphatic carbocycles. The third-order valence-corrected chi connectivity index (χ3v) is 6.37. The van der Waals surface area contributed by atoms with Crippen LogP contribution in [0.1, 0.15) is 22.8 Å². The Labute approximate surface area is 202 Å². The molecule has 184 valence electrons.